The third-order valence-corrected chi connectivity index (χ3v) is 4.59. The molecule has 4 nitrogen and oxygen atoms in total. The highest BCUT2D eigenvalue weighted by molar-refractivity contribution is 5.95. The zero-order valence-electron chi connectivity index (χ0n) is 14.5. The third-order valence-electron chi connectivity index (χ3n) is 4.59. The molecular weight excluding hydrogens is 336 g/mol. The van der Waals surface area contributed by atoms with Gasteiger partial charge in [0.15, 0.2) is 0 Å². The summed E-state index contributed by atoms with van der Waals surface area (Å²) in [6.07, 6.45) is 3.17. The van der Waals surface area contributed by atoms with E-state index in [2.05, 4.69) is 10.3 Å². The number of aromatic nitrogens is 1. The van der Waals surface area contributed by atoms with Crippen LogP contribution in [-0.4, -0.2) is 16.0 Å². The number of carbonyl (C=O) groups excluding carboxylic acids is 1. The fourth-order valence-electron chi connectivity index (χ4n) is 3.27. The molecule has 4 rings (SSSR count). The van der Waals surface area contributed by atoms with Crippen molar-refractivity contribution in [2.45, 2.75) is 6.04 Å². The smallest absolute Gasteiger partial charge is 0.252 e. The third kappa shape index (κ3) is 3.37. The molecule has 1 atom stereocenters. The Kier molecular flexibility index (Phi) is 4.54. The van der Waals surface area contributed by atoms with Crippen LogP contribution in [0.3, 0.4) is 0 Å². The lowest BCUT2D eigenvalue weighted by Gasteiger charge is -2.22. The molecule has 0 fully saturated rings. The number of phenolic OH excluding ortho intramolecular Hbond substituents is 1. The van der Waals surface area contributed by atoms with Crippen molar-refractivity contribution in [3.05, 3.63) is 108 Å². The van der Waals surface area contributed by atoms with Gasteiger partial charge in [-0.25, -0.2) is 0 Å². The van der Waals surface area contributed by atoms with Gasteiger partial charge in [0.1, 0.15) is 5.75 Å². The monoisotopic (exact) mass is 354 g/mol. The van der Waals surface area contributed by atoms with E-state index in [1.54, 1.807) is 30.6 Å². The fourth-order valence-corrected chi connectivity index (χ4v) is 3.27. The summed E-state index contributed by atoms with van der Waals surface area (Å²) in [6, 6.07) is 23.9. The standard InChI is InChI=1S/C23H18N2O2/c26-20-11-10-16-6-4-5-9-19(16)21(20)22(17-7-2-1-3-8-17)25-23(27)18-12-14-24-15-13-18/h1-15,22,26H,(H,25,27)/t22-/m0/s1. The van der Waals surface area contributed by atoms with E-state index in [0.717, 1.165) is 16.3 Å². The first-order valence-electron chi connectivity index (χ1n) is 8.70. The Bertz CT molecular complexity index is 1080. The van der Waals surface area contributed by atoms with E-state index >= 15 is 0 Å². The second kappa shape index (κ2) is 7.30. The first-order chi connectivity index (χ1) is 13.2. The van der Waals surface area contributed by atoms with Gasteiger partial charge in [0.2, 0.25) is 0 Å². The second-order valence-corrected chi connectivity index (χ2v) is 6.27. The first-order valence-corrected chi connectivity index (χ1v) is 8.70. The Labute approximate surface area is 157 Å². The summed E-state index contributed by atoms with van der Waals surface area (Å²) in [7, 11) is 0. The van der Waals surface area contributed by atoms with Gasteiger partial charge in [-0.2, -0.15) is 0 Å². The van der Waals surface area contributed by atoms with Gasteiger partial charge in [-0.05, 0) is 34.5 Å². The summed E-state index contributed by atoms with van der Waals surface area (Å²) in [5.41, 5.74) is 2.10. The van der Waals surface area contributed by atoms with Crippen LogP contribution in [0.2, 0.25) is 0 Å². The number of nitrogens with zero attached hydrogens (tertiary/aromatic N) is 1. The highest BCUT2D eigenvalue weighted by Crippen LogP contribution is 2.35. The Morgan fingerprint density at radius 2 is 1.56 bits per heavy atom. The zero-order chi connectivity index (χ0) is 18.6. The molecule has 1 aromatic heterocycles. The molecule has 132 valence electrons. The average Bonchev–Trinajstić information content (AvgIpc) is 2.73. The van der Waals surface area contributed by atoms with Crippen molar-refractivity contribution < 1.29 is 9.90 Å². The lowest BCUT2D eigenvalue weighted by molar-refractivity contribution is 0.0943. The predicted molar refractivity (Wildman–Crippen MR) is 106 cm³/mol. The van der Waals surface area contributed by atoms with Gasteiger partial charge in [-0.15, -0.1) is 0 Å². The molecule has 0 radical (unpaired) electrons. The van der Waals surface area contributed by atoms with E-state index in [1.165, 1.54) is 0 Å². The van der Waals surface area contributed by atoms with E-state index < -0.39 is 6.04 Å². The molecule has 2 N–H and O–H groups in total. The van der Waals surface area contributed by atoms with Gasteiger partial charge >= 0.3 is 0 Å². The Balaban J connectivity index is 1.85. The molecule has 27 heavy (non-hydrogen) atoms. The molecule has 0 bridgehead atoms. The molecule has 0 spiro atoms. The molecular formula is C23H18N2O2. The molecule has 0 aliphatic rings. The average molecular weight is 354 g/mol. The van der Waals surface area contributed by atoms with Crippen LogP contribution in [0.1, 0.15) is 27.5 Å². The van der Waals surface area contributed by atoms with E-state index in [0.29, 0.717) is 11.1 Å². The van der Waals surface area contributed by atoms with Crippen LogP contribution in [0.25, 0.3) is 10.8 Å². The number of pyridine rings is 1. The molecule has 0 unspecified atom stereocenters. The SMILES string of the molecule is O=C(N[C@@H](c1ccccc1)c1c(O)ccc2ccccc12)c1ccncc1. The number of carbonyl (C=O) groups is 1. The molecule has 1 amide bonds. The Morgan fingerprint density at radius 3 is 2.33 bits per heavy atom. The first kappa shape index (κ1) is 16.8. The molecule has 0 saturated heterocycles. The maximum absolute atomic E-state index is 12.8. The van der Waals surface area contributed by atoms with Crippen LogP contribution in [0.4, 0.5) is 0 Å². The van der Waals surface area contributed by atoms with E-state index in [9.17, 15) is 9.90 Å². The number of hydrogen-bond donors (Lipinski definition) is 2. The number of benzene rings is 3. The molecule has 4 aromatic rings. The largest absolute Gasteiger partial charge is 0.508 e. The van der Waals surface area contributed by atoms with Crippen LogP contribution < -0.4 is 5.32 Å². The molecule has 0 aliphatic carbocycles. The van der Waals surface area contributed by atoms with Crippen LogP contribution in [0.5, 0.6) is 5.75 Å². The summed E-state index contributed by atoms with van der Waals surface area (Å²) >= 11 is 0. The van der Waals surface area contributed by atoms with Gasteiger partial charge in [0, 0.05) is 23.5 Å². The van der Waals surface area contributed by atoms with Crippen LogP contribution >= 0.6 is 0 Å². The van der Waals surface area contributed by atoms with Crippen molar-refractivity contribution >= 4 is 16.7 Å². The second-order valence-electron chi connectivity index (χ2n) is 6.27. The van der Waals surface area contributed by atoms with Gasteiger partial charge in [0.05, 0.1) is 6.04 Å². The van der Waals surface area contributed by atoms with Crippen LogP contribution in [0.15, 0.2) is 91.3 Å². The van der Waals surface area contributed by atoms with E-state index in [1.807, 2.05) is 60.7 Å². The normalized spacial score (nSPS) is 11.9. The van der Waals surface area contributed by atoms with Crippen molar-refractivity contribution in [1.29, 1.82) is 0 Å². The fraction of sp³-hybridized carbons (Fsp3) is 0.0435. The van der Waals surface area contributed by atoms with E-state index in [-0.39, 0.29) is 11.7 Å². The lowest BCUT2D eigenvalue weighted by Crippen LogP contribution is -2.29. The van der Waals surface area contributed by atoms with Crippen molar-refractivity contribution in [3.63, 3.8) is 0 Å². The maximum atomic E-state index is 12.8. The molecule has 1 heterocycles. The van der Waals surface area contributed by atoms with Crippen molar-refractivity contribution in [1.82, 2.24) is 10.3 Å². The predicted octanol–water partition coefficient (Wildman–Crippen LogP) is 4.46. The summed E-state index contributed by atoms with van der Waals surface area (Å²) in [4.78, 5) is 16.8. The minimum absolute atomic E-state index is 0.151. The minimum atomic E-state index is -0.488. The van der Waals surface area contributed by atoms with Gasteiger partial charge in [-0.3, -0.25) is 9.78 Å². The lowest BCUT2D eigenvalue weighted by atomic mass is 9.92. The number of nitrogens with one attached hydrogen (secondary N) is 1. The summed E-state index contributed by atoms with van der Waals surface area (Å²) in [6.45, 7) is 0. The Morgan fingerprint density at radius 1 is 0.852 bits per heavy atom. The number of aromatic hydroxyl groups is 1. The highest BCUT2D eigenvalue weighted by Gasteiger charge is 2.22. The van der Waals surface area contributed by atoms with Crippen molar-refractivity contribution in [2.75, 3.05) is 0 Å². The summed E-state index contributed by atoms with van der Waals surface area (Å²) < 4.78 is 0. The summed E-state index contributed by atoms with van der Waals surface area (Å²) in [5.74, 6) is -0.0730. The van der Waals surface area contributed by atoms with Crippen LogP contribution in [-0.2, 0) is 0 Å². The number of hydrogen-bond acceptors (Lipinski definition) is 3. The maximum Gasteiger partial charge on any atom is 0.252 e. The van der Waals surface area contributed by atoms with Crippen molar-refractivity contribution in [2.24, 2.45) is 0 Å². The zero-order valence-corrected chi connectivity index (χ0v) is 14.5. The highest BCUT2D eigenvalue weighted by atomic mass is 16.3. The quantitative estimate of drug-likeness (QED) is 0.569. The van der Waals surface area contributed by atoms with Crippen LogP contribution in [0, 0.1) is 0 Å². The van der Waals surface area contributed by atoms with Gasteiger partial charge < -0.3 is 10.4 Å². The number of phenols is 1. The van der Waals surface area contributed by atoms with E-state index in [4.69, 9.17) is 0 Å². The van der Waals surface area contributed by atoms with Gasteiger partial charge in [0.25, 0.3) is 5.91 Å². The number of fused-ring (bicyclic) bond motifs is 1. The molecule has 4 heteroatoms. The summed E-state index contributed by atoms with van der Waals surface area (Å²) in [5, 5.41) is 15.6. The molecule has 3 aromatic carbocycles. The number of rotatable bonds is 4. The molecule has 0 aliphatic heterocycles. The van der Waals surface area contributed by atoms with Gasteiger partial charge in [-0.1, -0.05) is 60.7 Å². The topological polar surface area (TPSA) is 62.2 Å². The number of amides is 1. The van der Waals surface area contributed by atoms with Crippen molar-refractivity contribution in [3.8, 4) is 5.75 Å². The minimum Gasteiger partial charge on any atom is -0.508 e. The molecule has 0 saturated carbocycles. The Hall–Kier alpha value is -3.66.